The van der Waals surface area contributed by atoms with Crippen LogP contribution in [0.3, 0.4) is 0 Å². The van der Waals surface area contributed by atoms with Crippen molar-refractivity contribution in [3.8, 4) is 0 Å². The number of non-ortho nitro benzene ring substituents is 1. The molecule has 0 spiro atoms. The molecule has 7 nitrogen and oxygen atoms in total. The van der Waals surface area contributed by atoms with Crippen molar-refractivity contribution in [2.75, 3.05) is 36.0 Å². The Morgan fingerprint density at radius 2 is 1.80 bits per heavy atom. The van der Waals surface area contributed by atoms with Gasteiger partial charge < -0.3 is 15.1 Å². The maximum Gasteiger partial charge on any atom is 0.269 e. The maximum atomic E-state index is 13.5. The van der Waals surface area contributed by atoms with Crippen molar-refractivity contribution in [3.63, 3.8) is 0 Å². The highest BCUT2D eigenvalue weighted by molar-refractivity contribution is 6.33. The largest absolute Gasteiger partial charge is 0.366 e. The standard InChI is InChI=1S/C27H27ClN4O3/c28-23-8-4-5-9-25(23)30-14-15-31-24-11-10-21(32(34)35)16-20(24)17-22(26(31)18-30)27(33)29-13-12-19-6-2-1-3-7-19/h1-11,16,22,26H,12-15,17-18H2,(H,29,33)/t22-,26+/m0/s1. The van der Waals surface area contributed by atoms with Crippen LogP contribution < -0.4 is 15.1 Å². The molecule has 180 valence electrons. The van der Waals surface area contributed by atoms with Crippen LogP contribution in [0, 0.1) is 16.0 Å². The van der Waals surface area contributed by atoms with Gasteiger partial charge in [0, 0.05) is 44.0 Å². The number of halogens is 1. The third-order valence-corrected chi connectivity index (χ3v) is 7.31. The third-order valence-electron chi connectivity index (χ3n) is 6.99. The third kappa shape index (κ3) is 4.82. The molecule has 2 heterocycles. The topological polar surface area (TPSA) is 78.7 Å². The summed E-state index contributed by atoms with van der Waals surface area (Å²) in [6.45, 7) is 2.65. The Hall–Kier alpha value is -3.58. The number of nitro benzene ring substituents is 1. The van der Waals surface area contributed by atoms with Gasteiger partial charge in [0.2, 0.25) is 5.91 Å². The summed E-state index contributed by atoms with van der Waals surface area (Å²) >= 11 is 6.49. The van der Waals surface area contributed by atoms with Crippen LogP contribution in [-0.2, 0) is 17.6 Å². The summed E-state index contributed by atoms with van der Waals surface area (Å²) in [6, 6.07) is 22.8. The summed E-state index contributed by atoms with van der Waals surface area (Å²) in [5, 5.41) is 15.2. The first kappa shape index (κ1) is 23.2. The monoisotopic (exact) mass is 490 g/mol. The van der Waals surface area contributed by atoms with Crippen LogP contribution in [0.25, 0.3) is 0 Å². The van der Waals surface area contributed by atoms with Crippen LogP contribution in [0.1, 0.15) is 11.1 Å². The molecule has 2 aliphatic rings. The number of carbonyl (C=O) groups excluding carboxylic acids is 1. The zero-order valence-electron chi connectivity index (χ0n) is 19.3. The number of anilines is 2. The van der Waals surface area contributed by atoms with E-state index in [9.17, 15) is 14.9 Å². The van der Waals surface area contributed by atoms with Crippen LogP contribution in [0.5, 0.6) is 0 Å². The summed E-state index contributed by atoms with van der Waals surface area (Å²) in [6.07, 6.45) is 1.22. The van der Waals surface area contributed by atoms with E-state index in [0.29, 0.717) is 31.1 Å². The molecule has 1 saturated heterocycles. The SMILES string of the molecule is O=C(NCCc1ccccc1)[C@H]1Cc2cc([N+](=O)[O-])ccc2N2CCN(c3ccccc3Cl)C[C@H]12. The average Bonchev–Trinajstić information content (AvgIpc) is 2.88. The van der Waals surface area contributed by atoms with Crippen LogP contribution >= 0.6 is 11.6 Å². The van der Waals surface area contributed by atoms with Gasteiger partial charge in [-0.1, -0.05) is 54.1 Å². The number of nitrogens with one attached hydrogen (secondary N) is 1. The molecule has 1 fully saturated rings. The van der Waals surface area contributed by atoms with Crippen LogP contribution in [0.15, 0.2) is 72.8 Å². The van der Waals surface area contributed by atoms with E-state index in [1.807, 2.05) is 60.7 Å². The number of para-hydroxylation sites is 1. The highest BCUT2D eigenvalue weighted by Gasteiger charge is 2.42. The van der Waals surface area contributed by atoms with Gasteiger partial charge in [-0.05, 0) is 42.2 Å². The molecular formula is C27H27ClN4O3. The van der Waals surface area contributed by atoms with Crippen LogP contribution in [0.2, 0.25) is 5.02 Å². The van der Waals surface area contributed by atoms with E-state index in [1.165, 1.54) is 5.56 Å². The molecule has 5 rings (SSSR count). The molecule has 2 atom stereocenters. The molecule has 1 amide bonds. The van der Waals surface area contributed by atoms with Crippen molar-refractivity contribution in [2.45, 2.75) is 18.9 Å². The number of nitrogens with zero attached hydrogens (tertiary/aromatic N) is 3. The normalized spacial score (nSPS) is 19.0. The van der Waals surface area contributed by atoms with E-state index in [-0.39, 0.29) is 28.5 Å². The number of piperazine rings is 1. The molecule has 0 unspecified atom stereocenters. The van der Waals surface area contributed by atoms with Crippen LogP contribution in [0.4, 0.5) is 17.1 Å². The molecule has 1 N–H and O–H groups in total. The molecule has 3 aromatic carbocycles. The molecule has 35 heavy (non-hydrogen) atoms. The lowest BCUT2D eigenvalue weighted by atomic mass is 9.83. The number of carbonyl (C=O) groups is 1. The maximum absolute atomic E-state index is 13.5. The first-order valence-corrected chi connectivity index (χ1v) is 12.2. The average molecular weight is 491 g/mol. The molecular weight excluding hydrogens is 464 g/mol. The minimum Gasteiger partial charge on any atom is -0.366 e. The Kier molecular flexibility index (Phi) is 6.59. The van der Waals surface area contributed by atoms with Gasteiger partial charge in [0.05, 0.1) is 27.6 Å². The molecule has 0 aromatic heterocycles. The van der Waals surface area contributed by atoms with Gasteiger partial charge in [0.1, 0.15) is 0 Å². The number of nitro groups is 1. The van der Waals surface area contributed by atoms with E-state index in [4.69, 9.17) is 11.6 Å². The Bertz CT molecular complexity index is 1240. The fourth-order valence-corrected chi connectivity index (χ4v) is 5.51. The lowest BCUT2D eigenvalue weighted by Crippen LogP contribution is -2.61. The van der Waals surface area contributed by atoms with Gasteiger partial charge in [-0.15, -0.1) is 0 Å². The summed E-state index contributed by atoms with van der Waals surface area (Å²) in [5.41, 5.74) is 4.02. The van der Waals surface area contributed by atoms with Gasteiger partial charge in [0.25, 0.3) is 5.69 Å². The number of amides is 1. The predicted molar refractivity (Wildman–Crippen MR) is 138 cm³/mol. The zero-order valence-corrected chi connectivity index (χ0v) is 20.0. The number of hydrogen-bond donors (Lipinski definition) is 1. The Labute approximate surface area is 209 Å². The fourth-order valence-electron chi connectivity index (χ4n) is 5.26. The Morgan fingerprint density at radius 3 is 2.57 bits per heavy atom. The van der Waals surface area contributed by atoms with Gasteiger partial charge in [0.15, 0.2) is 0 Å². The van der Waals surface area contributed by atoms with E-state index in [2.05, 4.69) is 15.1 Å². The first-order chi connectivity index (χ1) is 17.0. The van der Waals surface area contributed by atoms with Crippen molar-refractivity contribution in [3.05, 3.63) is 99.1 Å². The van der Waals surface area contributed by atoms with Crippen molar-refractivity contribution in [1.82, 2.24) is 5.32 Å². The lowest BCUT2D eigenvalue weighted by Gasteiger charge is -2.49. The number of fused-ring (bicyclic) bond motifs is 3. The van der Waals surface area contributed by atoms with E-state index in [1.54, 1.807) is 12.1 Å². The van der Waals surface area contributed by atoms with E-state index < -0.39 is 0 Å². The highest BCUT2D eigenvalue weighted by Crippen LogP contribution is 2.39. The van der Waals surface area contributed by atoms with Crippen molar-refractivity contribution < 1.29 is 9.72 Å². The summed E-state index contributed by atoms with van der Waals surface area (Å²) < 4.78 is 0. The van der Waals surface area contributed by atoms with Crippen molar-refractivity contribution in [1.29, 1.82) is 0 Å². The number of rotatable bonds is 6. The summed E-state index contributed by atoms with van der Waals surface area (Å²) in [5.74, 6) is -0.348. The highest BCUT2D eigenvalue weighted by atomic mass is 35.5. The lowest BCUT2D eigenvalue weighted by molar-refractivity contribution is -0.384. The molecule has 2 aliphatic heterocycles. The zero-order chi connectivity index (χ0) is 24.4. The van der Waals surface area contributed by atoms with Crippen molar-refractivity contribution in [2.24, 2.45) is 5.92 Å². The van der Waals surface area contributed by atoms with Crippen molar-refractivity contribution >= 4 is 34.6 Å². The van der Waals surface area contributed by atoms with Gasteiger partial charge in [-0.3, -0.25) is 14.9 Å². The minimum atomic E-state index is -0.378. The molecule has 0 aliphatic carbocycles. The van der Waals surface area contributed by atoms with Gasteiger partial charge in [-0.2, -0.15) is 0 Å². The molecule has 0 radical (unpaired) electrons. The second-order valence-corrected chi connectivity index (χ2v) is 9.47. The molecule has 8 heteroatoms. The second-order valence-electron chi connectivity index (χ2n) is 9.07. The Morgan fingerprint density at radius 1 is 1.03 bits per heavy atom. The van der Waals surface area contributed by atoms with Crippen LogP contribution in [-0.4, -0.2) is 43.1 Å². The first-order valence-electron chi connectivity index (χ1n) is 11.9. The van der Waals surface area contributed by atoms with E-state index >= 15 is 0 Å². The van der Waals surface area contributed by atoms with Gasteiger partial charge in [-0.25, -0.2) is 0 Å². The Balaban J connectivity index is 1.40. The predicted octanol–water partition coefficient (Wildman–Crippen LogP) is 4.47. The number of benzene rings is 3. The smallest absolute Gasteiger partial charge is 0.269 e. The molecule has 3 aromatic rings. The fraction of sp³-hybridized carbons (Fsp3) is 0.296. The van der Waals surface area contributed by atoms with Gasteiger partial charge >= 0.3 is 0 Å². The quantitative estimate of drug-likeness (QED) is 0.407. The minimum absolute atomic E-state index is 0.0194. The number of hydrogen-bond acceptors (Lipinski definition) is 5. The molecule has 0 bridgehead atoms. The molecule has 0 saturated carbocycles. The van der Waals surface area contributed by atoms with E-state index in [0.717, 1.165) is 29.9 Å². The summed E-state index contributed by atoms with van der Waals surface area (Å²) in [7, 11) is 0. The second kappa shape index (κ2) is 9.96. The summed E-state index contributed by atoms with van der Waals surface area (Å²) in [4.78, 5) is 29.0.